The van der Waals surface area contributed by atoms with Crippen LogP contribution >= 0.6 is 23.4 Å². The van der Waals surface area contributed by atoms with Crippen molar-refractivity contribution >= 4 is 34.9 Å². The number of carbonyl (C=O) groups is 1. The molecule has 0 saturated carbocycles. The van der Waals surface area contributed by atoms with Crippen molar-refractivity contribution < 1.29 is 9.21 Å². The summed E-state index contributed by atoms with van der Waals surface area (Å²) < 4.78 is 6.85. The van der Waals surface area contributed by atoms with E-state index < -0.39 is 0 Å². The van der Waals surface area contributed by atoms with Gasteiger partial charge in [0.25, 0.3) is 0 Å². The number of rotatable bonds is 6. The summed E-state index contributed by atoms with van der Waals surface area (Å²) in [6, 6.07) is 14.5. The third-order valence-corrected chi connectivity index (χ3v) is 4.90. The first kappa shape index (κ1) is 17.6. The molecule has 0 aliphatic carbocycles. The van der Waals surface area contributed by atoms with Crippen molar-refractivity contribution in [3.8, 4) is 11.4 Å². The maximum Gasteiger partial charge on any atom is 0.230 e. The van der Waals surface area contributed by atoms with Gasteiger partial charge in [-0.2, -0.15) is 9.61 Å². The molecule has 1 N–H and O–H groups in total. The number of nitrogens with one attached hydrogen (secondary N) is 1. The quantitative estimate of drug-likeness (QED) is 0.500. The lowest BCUT2D eigenvalue weighted by molar-refractivity contribution is -0.118. The number of furan rings is 1. The van der Waals surface area contributed by atoms with Gasteiger partial charge in [-0.05, 0) is 48.5 Å². The summed E-state index contributed by atoms with van der Waals surface area (Å²) in [5.41, 5.74) is 1.49. The highest BCUT2D eigenvalue weighted by atomic mass is 35.5. The minimum Gasteiger partial charge on any atom is -0.467 e. The van der Waals surface area contributed by atoms with Crippen LogP contribution < -0.4 is 5.32 Å². The van der Waals surface area contributed by atoms with Crippen LogP contribution in [-0.4, -0.2) is 31.5 Å². The molecule has 0 spiro atoms. The van der Waals surface area contributed by atoms with E-state index >= 15 is 0 Å². The Morgan fingerprint density at radius 1 is 1.15 bits per heavy atom. The number of aromatic nitrogens is 4. The van der Waals surface area contributed by atoms with Gasteiger partial charge >= 0.3 is 0 Å². The molecule has 1 aromatic carbocycles. The van der Waals surface area contributed by atoms with Crippen molar-refractivity contribution in [2.75, 3.05) is 5.75 Å². The topological polar surface area (TPSA) is 85.3 Å². The van der Waals surface area contributed by atoms with E-state index in [0.29, 0.717) is 33.8 Å². The van der Waals surface area contributed by atoms with Gasteiger partial charge in [-0.1, -0.05) is 23.4 Å². The predicted molar refractivity (Wildman–Crippen MR) is 103 cm³/mol. The fraction of sp³-hybridized carbons (Fsp3) is 0.111. The molecule has 7 nitrogen and oxygen atoms in total. The maximum atomic E-state index is 12.0. The second kappa shape index (κ2) is 7.81. The van der Waals surface area contributed by atoms with Gasteiger partial charge in [0.15, 0.2) is 11.5 Å². The Bertz CT molecular complexity index is 1060. The molecule has 136 valence electrons. The highest BCUT2D eigenvalue weighted by Crippen LogP contribution is 2.22. The van der Waals surface area contributed by atoms with E-state index in [0.717, 1.165) is 5.56 Å². The number of benzene rings is 1. The molecule has 4 rings (SSSR count). The summed E-state index contributed by atoms with van der Waals surface area (Å²) in [6.45, 7) is 0.366. The van der Waals surface area contributed by atoms with Crippen molar-refractivity contribution in [2.24, 2.45) is 0 Å². The Morgan fingerprint density at radius 3 is 2.78 bits per heavy atom. The van der Waals surface area contributed by atoms with Crippen molar-refractivity contribution in [3.05, 3.63) is 65.6 Å². The van der Waals surface area contributed by atoms with Crippen molar-refractivity contribution in [1.29, 1.82) is 0 Å². The van der Waals surface area contributed by atoms with E-state index in [-0.39, 0.29) is 11.7 Å². The van der Waals surface area contributed by atoms with E-state index in [1.54, 1.807) is 29.0 Å². The van der Waals surface area contributed by atoms with Crippen molar-refractivity contribution in [1.82, 2.24) is 25.1 Å². The van der Waals surface area contributed by atoms with Crippen LogP contribution in [0.3, 0.4) is 0 Å². The maximum absolute atomic E-state index is 12.0. The molecule has 0 aliphatic rings. The fourth-order valence-corrected chi connectivity index (χ4v) is 3.23. The zero-order chi connectivity index (χ0) is 18.6. The largest absolute Gasteiger partial charge is 0.467 e. The lowest BCUT2D eigenvalue weighted by atomic mass is 10.2. The number of carbonyl (C=O) groups excluding carboxylic acids is 1. The minimum atomic E-state index is -0.0972. The van der Waals surface area contributed by atoms with Crippen LogP contribution in [0.5, 0.6) is 0 Å². The van der Waals surface area contributed by atoms with Crippen LogP contribution in [0.4, 0.5) is 0 Å². The van der Waals surface area contributed by atoms with Crippen LogP contribution in [0.1, 0.15) is 5.76 Å². The van der Waals surface area contributed by atoms with Crippen molar-refractivity contribution in [3.63, 3.8) is 0 Å². The highest BCUT2D eigenvalue weighted by Gasteiger charge is 2.11. The molecule has 0 fully saturated rings. The minimum absolute atomic E-state index is 0.0972. The van der Waals surface area contributed by atoms with Crippen LogP contribution in [0.25, 0.3) is 17.0 Å². The second-order valence-electron chi connectivity index (χ2n) is 5.62. The van der Waals surface area contributed by atoms with Gasteiger partial charge in [-0.15, -0.1) is 10.2 Å². The van der Waals surface area contributed by atoms with Gasteiger partial charge in [0.05, 0.1) is 18.6 Å². The number of nitrogens with zero attached hydrogens (tertiary/aromatic N) is 4. The molecule has 0 saturated heterocycles. The molecule has 4 aromatic rings. The van der Waals surface area contributed by atoms with E-state index in [1.165, 1.54) is 11.8 Å². The van der Waals surface area contributed by atoms with E-state index in [4.69, 9.17) is 16.0 Å². The molecular weight excluding hydrogens is 386 g/mol. The monoisotopic (exact) mass is 399 g/mol. The van der Waals surface area contributed by atoms with Gasteiger partial charge < -0.3 is 9.73 Å². The molecule has 3 heterocycles. The van der Waals surface area contributed by atoms with Crippen LogP contribution in [-0.2, 0) is 11.3 Å². The SMILES string of the molecule is O=C(CSc1ccc2nnc(-c3ccc(Cl)cc3)n2n1)NCc1ccco1. The van der Waals surface area contributed by atoms with Crippen LogP contribution in [0.2, 0.25) is 5.02 Å². The first-order valence-corrected chi connectivity index (χ1v) is 9.46. The third-order valence-electron chi connectivity index (χ3n) is 3.73. The van der Waals surface area contributed by atoms with E-state index in [2.05, 4.69) is 20.6 Å². The molecule has 9 heteroatoms. The summed E-state index contributed by atoms with van der Waals surface area (Å²) in [4.78, 5) is 12.0. The standard InChI is InChI=1S/C18H14ClN5O2S/c19-13-5-3-12(4-6-13)18-22-21-15-7-8-17(23-24(15)18)27-11-16(25)20-10-14-2-1-9-26-14/h1-9H,10-11H2,(H,20,25). The smallest absolute Gasteiger partial charge is 0.230 e. The molecule has 1 amide bonds. The number of hydrogen-bond donors (Lipinski definition) is 1. The Balaban J connectivity index is 1.45. The van der Waals surface area contributed by atoms with Gasteiger partial charge in [0, 0.05) is 10.6 Å². The third kappa shape index (κ3) is 4.12. The molecule has 0 bridgehead atoms. The van der Waals surface area contributed by atoms with Gasteiger partial charge in [-0.25, -0.2) is 0 Å². The normalized spacial score (nSPS) is 11.0. The Hall–Kier alpha value is -2.84. The zero-order valence-corrected chi connectivity index (χ0v) is 15.6. The first-order valence-electron chi connectivity index (χ1n) is 8.09. The summed E-state index contributed by atoms with van der Waals surface area (Å²) in [5, 5.41) is 17.0. The Morgan fingerprint density at radius 2 is 2.00 bits per heavy atom. The number of fused-ring (bicyclic) bond motifs is 1. The van der Waals surface area contributed by atoms with Crippen molar-refractivity contribution in [2.45, 2.75) is 11.6 Å². The zero-order valence-electron chi connectivity index (χ0n) is 14.0. The number of hydrogen-bond acceptors (Lipinski definition) is 6. The molecule has 27 heavy (non-hydrogen) atoms. The van der Waals surface area contributed by atoms with Gasteiger partial charge in [-0.3, -0.25) is 4.79 Å². The van der Waals surface area contributed by atoms with Crippen LogP contribution in [0, 0.1) is 0 Å². The number of halogens is 1. The molecule has 3 aromatic heterocycles. The number of amides is 1. The van der Waals surface area contributed by atoms with E-state index in [1.807, 2.05) is 30.3 Å². The van der Waals surface area contributed by atoms with Gasteiger partial charge in [0.1, 0.15) is 10.8 Å². The molecule has 0 atom stereocenters. The highest BCUT2D eigenvalue weighted by molar-refractivity contribution is 7.99. The summed E-state index contributed by atoms with van der Waals surface area (Å²) in [5.74, 6) is 1.48. The lowest BCUT2D eigenvalue weighted by Gasteiger charge is -2.04. The van der Waals surface area contributed by atoms with Crippen LogP contribution in [0.15, 0.2) is 64.2 Å². The molecular formula is C18H14ClN5O2S. The molecule has 0 radical (unpaired) electrons. The molecule has 0 aliphatic heterocycles. The number of thioether (sulfide) groups is 1. The first-order chi connectivity index (χ1) is 13.2. The Labute approximate surface area is 163 Å². The predicted octanol–water partition coefficient (Wildman–Crippen LogP) is 3.45. The average Bonchev–Trinajstić information content (AvgIpc) is 3.35. The summed E-state index contributed by atoms with van der Waals surface area (Å²) in [7, 11) is 0. The fourth-order valence-electron chi connectivity index (χ4n) is 2.42. The van der Waals surface area contributed by atoms with Gasteiger partial charge in [0.2, 0.25) is 5.91 Å². The summed E-state index contributed by atoms with van der Waals surface area (Å²) in [6.07, 6.45) is 1.58. The average molecular weight is 400 g/mol. The summed E-state index contributed by atoms with van der Waals surface area (Å²) >= 11 is 7.28. The van der Waals surface area contributed by atoms with E-state index in [9.17, 15) is 4.79 Å². The lowest BCUT2D eigenvalue weighted by Crippen LogP contribution is -2.24. The Kier molecular flexibility index (Phi) is 5.08. The molecule has 0 unspecified atom stereocenters. The second-order valence-corrected chi connectivity index (χ2v) is 7.05.